The van der Waals surface area contributed by atoms with E-state index in [-0.39, 0.29) is 17.5 Å². The van der Waals surface area contributed by atoms with Gasteiger partial charge in [0, 0.05) is 22.8 Å². The number of carbonyl (C=O) groups is 2. The molecule has 0 saturated heterocycles. The minimum Gasteiger partial charge on any atom is -0.486 e. The summed E-state index contributed by atoms with van der Waals surface area (Å²) in [4.78, 5) is 25.2. The average Bonchev–Trinajstić information content (AvgIpc) is 3.32. The molecule has 0 aliphatic carbocycles. The molecule has 0 spiro atoms. The second-order valence-electron chi connectivity index (χ2n) is 7.39. The minimum absolute atomic E-state index is 0.184. The Labute approximate surface area is 205 Å². The first-order valence-corrected chi connectivity index (χ1v) is 11.6. The molecule has 4 rings (SSSR count). The minimum atomic E-state index is -0.410. The maximum absolute atomic E-state index is 12.6. The Morgan fingerprint density at radius 3 is 2.56 bits per heavy atom. The molecule has 3 aromatic carbocycles. The Bertz CT molecular complexity index is 1310. The molecule has 172 valence electrons. The molecule has 1 heterocycles. The van der Waals surface area contributed by atoms with E-state index in [4.69, 9.17) is 16.3 Å². The fourth-order valence-electron chi connectivity index (χ4n) is 3.09. The van der Waals surface area contributed by atoms with Gasteiger partial charge in [-0.1, -0.05) is 53.3 Å². The van der Waals surface area contributed by atoms with Crippen LogP contribution in [0.2, 0.25) is 5.02 Å². The number of anilines is 1. The van der Waals surface area contributed by atoms with E-state index in [1.165, 1.54) is 0 Å². The number of ether oxygens (including phenoxy) is 1. The lowest BCUT2D eigenvalue weighted by Gasteiger charge is -2.09. The summed E-state index contributed by atoms with van der Waals surface area (Å²) in [5.74, 6) is 0.00716. The SMILES string of the molecule is Cc1ccccc1CNC(=O)c1cccc(NC(=O)c2nnc(COc3ccc(Cl)cc3)s2)c1. The summed E-state index contributed by atoms with van der Waals surface area (Å²) < 4.78 is 5.64. The third kappa shape index (κ3) is 6.18. The molecule has 0 bridgehead atoms. The van der Waals surface area contributed by atoms with Gasteiger partial charge in [-0.05, 0) is 60.5 Å². The average molecular weight is 493 g/mol. The monoisotopic (exact) mass is 492 g/mol. The Morgan fingerprint density at radius 2 is 1.76 bits per heavy atom. The number of benzene rings is 3. The molecule has 9 heteroatoms. The van der Waals surface area contributed by atoms with Crippen molar-refractivity contribution in [3.8, 4) is 5.75 Å². The van der Waals surface area contributed by atoms with Gasteiger partial charge in [-0.15, -0.1) is 10.2 Å². The number of aryl methyl sites for hydroxylation is 1. The summed E-state index contributed by atoms with van der Waals surface area (Å²) in [7, 11) is 0. The standard InChI is InChI=1S/C25H21ClN4O3S/c1-16-5-2-3-6-18(16)14-27-23(31)17-7-4-8-20(13-17)28-24(32)25-30-29-22(34-25)15-33-21-11-9-19(26)10-12-21/h2-13H,14-15H2,1H3,(H,27,31)(H,28,32). The maximum Gasteiger partial charge on any atom is 0.286 e. The van der Waals surface area contributed by atoms with Crippen LogP contribution in [0.1, 0.15) is 36.3 Å². The van der Waals surface area contributed by atoms with Gasteiger partial charge in [-0.25, -0.2) is 0 Å². The third-order valence-corrected chi connectivity index (χ3v) is 6.07. The first-order valence-electron chi connectivity index (χ1n) is 10.4. The van der Waals surface area contributed by atoms with E-state index in [0.717, 1.165) is 22.5 Å². The topological polar surface area (TPSA) is 93.2 Å². The molecule has 0 saturated carbocycles. The molecule has 0 aliphatic rings. The van der Waals surface area contributed by atoms with Crippen LogP contribution < -0.4 is 15.4 Å². The van der Waals surface area contributed by atoms with E-state index < -0.39 is 5.91 Å². The van der Waals surface area contributed by atoms with Crippen LogP contribution in [0.3, 0.4) is 0 Å². The van der Waals surface area contributed by atoms with Crippen LogP contribution in [0.5, 0.6) is 5.75 Å². The van der Waals surface area contributed by atoms with Crippen molar-refractivity contribution in [1.82, 2.24) is 15.5 Å². The van der Waals surface area contributed by atoms with Gasteiger partial charge in [-0.2, -0.15) is 0 Å². The summed E-state index contributed by atoms with van der Waals surface area (Å²) in [6.45, 7) is 2.61. The third-order valence-electron chi connectivity index (χ3n) is 4.92. The van der Waals surface area contributed by atoms with Crippen molar-refractivity contribution >= 4 is 40.4 Å². The quantitative estimate of drug-likeness (QED) is 0.350. The van der Waals surface area contributed by atoms with Gasteiger partial charge in [0.15, 0.2) is 5.01 Å². The summed E-state index contributed by atoms with van der Waals surface area (Å²) in [5, 5.41) is 15.0. The number of halogens is 1. The fraction of sp³-hybridized carbons (Fsp3) is 0.120. The van der Waals surface area contributed by atoms with Crippen molar-refractivity contribution < 1.29 is 14.3 Å². The van der Waals surface area contributed by atoms with E-state index in [1.807, 2.05) is 31.2 Å². The van der Waals surface area contributed by atoms with Crippen LogP contribution in [0.4, 0.5) is 5.69 Å². The van der Waals surface area contributed by atoms with E-state index in [0.29, 0.717) is 33.6 Å². The number of carbonyl (C=O) groups excluding carboxylic acids is 2. The van der Waals surface area contributed by atoms with Crippen LogP contribution >= 0.6 is 22.9 Å². The van der Waals surface area contributed by atoms with Crippen molar-refractivity contribution in [2.45, 2.75) is 20.1 Å². The predicted molar refractivity (Wildman–Crippen MR) is 132 cm³/mol. The van der Waals surface area contributed by atoms with Crippen molar-refractivity contribution in [3.63, 3.8) is 0 Å². The molecule has 4 aromatic rings. The molecule has 0 atom stereocenters. The number of rotatable bonds is 8. The molecule has 0 aliphatic heterocycles. The molecular formula is C25H21ClN4O3S. The van der Waals surface area contributed by atoms with Crippen molar-refractivity contribution in [3.05, 3.63) is 105 Å². The maximum atomic E-state index is 12.6. The fourth-order valence-corrected chi connectivity index (χ4v) is 3.86. The molecule has 34 heavy (non-hydrogen) atoms. The Balaban J connectivity index is 1.33. The van der Waals surface area contributed by atoms with Crippen molar-refractivity contribution in [2.24, 2.45) is 0 Å². The van der Waals surface area contributed by atoms with E-state index in [2.05, 4.69) is 20.8 Å². The lowest BCUT2D eigenvalue weighted by molar-refractivity contribution is 0.0949. The second-order valence-corrected chi connectivity index (χ2v) is 8.89. The van der Waals surface area contributed by atoms with Crippen LogP contribution in [-0.2, 0) is 13.2 Å². The summed E-state index contributed by atoms with van der Waals surface area (Å²) >= 11 is 7.00. The zero-order valence-corrected chi connectivity index (χ0v) is 19.8. The number of nitrogens with zero attached hydrogens (tertiary/aromatic N) is 2. The highest BCUT2D eigenvalue weighted by Crippen LogP contribution is 2.19. The van der Waals surface area contributed by atoms with Gasteiger partial charge in [0.1, 0.15) is 12.4 Å². The molecule has 0 fully saturated rings. The molecule has 1 aromatic heterocycles. The van der Waals surface area contributed by atoms with Gasteiger partial charge < -0.3 is 15.4 Å². The number of amides is 2. The number of aromatic nitrogens is 2. The molecular weight excluding hydrogens is 472 g/mol. The van der Waals surface area contributed by atoms with Gasteiger partial charge in [-0.3, -0.25) is 9.59 Å². The smallest absolute Gasteiger partial charge is 0.286 e. The van der Waals surface area contributed by atoms with Crippen LogP contribution in [0.15, 0.2) is 72.8 Å². The Hall–Kier alpha value is -3.75. The lowest BCUT2D eigenvalue weighted by atomic mass is 10.1. The lowest BCUT2D eigenvalue weighted by Crippen LogP contribution is -2.23. The molecule has 7 nitrogen and oxygen atoms in total. The first kappa shape index (κ1) is 23.4. The number of hydrogen-bond acceptors (Lipinski definition) is 6. The number of hydrogen-bond donors (Lipinski definition) is 2. The molecule has 0 radical (unpaired) electrons. The summed E-state index contributed by atoms with van der Waals surface area (Å²) in [6.07, 6.45) is 0. The normalized spacial score (nSPS) is 10.5. The predicted octanol–water partition coefficient (Wildman–Crippen LogP) is 5.26. The van der Waals surface area contributed by atoms with Crippen molar-refractivity contribution in [1.29, 1.82) is 0 Å². The summed E-state index contributed by atoms with van der Waals surface area (Å²) in [5.41, 5.74) is 3.09. The van der Waals surface area contributed by atoms with Crippen molar-refractivity contribution in [2.75, 3.05) is 5.32 Å². The van der Waals surface area contributed by atoms with E-state index in [1.54, 1.807) is 48.5 Å². The van der Waals surface area contributed by atoms with Gasteiger partial charge in [0.25, 0.3) is 11.8 Å². The van der Waals surface area contributed by atoms with E-state index in [9.17, 15) is 9.59 Å². The van der Waals surface area contributed by atoms with E-state index >= 15 is 0 Å². The molecule has 0 unspecified atom stereocenters. The van der Waals surface area contributed by atoms with Gasteiger partial charge >= 0.3 is 0 Å². The van der Waals surface area contributed by atoms with Crippen LogP contribution in [0.25, 0.3) is 0 Å². The zero-order valence-electron chi connectivity index (χ0n) is 18.2. The summed E-state index contributed by atoms with van der Waals surface area (Å²) in [6, 6.07) is 21.6. The van der Waals surface area contributed by atoms with Gasteiger partial charge in [0.05, 0.1) is 0 Å². The zero-order chi connectivity index (χ0) is 23.9. The van der Waals surface area contributed by atoms with Crippen LogP contribution in [-0.4, -0.2) is 22.0 Å². The molecule has 2 N–H and O–H groups in total. The number of nitrogens with one attached hydrogen (secondary N) is 2. The van der Waals surface area contributed by atoms with Crippen LogP contribution in [0, 0.1) is 6.92 Å². The largest absolute Gasteiger partial charge is 0.486 e. The first-order chi connectivity index (χ1) is 16.5. The Morgan fingerprint density at radius 1 is 0.971 bits per heavy atom. The highest BCUT2D eigenvalue weighted by molar-refractivity contribution is 7.13. The van der Waals surface area contributed by atoms with Gasteiger partial charge in [0.2, 0.25) is 5.01 Å². The highest BCUT2D eigenvalue weighted by atomic mass is 35.5. The highest BCUT2D eigenvalue weighted by Gasteiger charge is 2.15. The second kappa shape index (κ2) is 10.9. The Kier molecular flexibility index (Phi) is 7.51. The molecule has 2 amide bonds.